The Morgan fingerprint density at radius 3 is 2.42 bits per heavy atom. The van der Waals surface area contributed by atoms with E-state index in [0.29, 0.717) is 5.82 Å². The summed E-state index contributed by atoms with van der Waals surface area (Å²) in [5, 5.41) is 0. The van der Waals surface area contributed by atoms with Crippen LogP contribution in [0.5, 0.6) is 0 Å². The lowest BCUT2D eigenvalue weighted by Gasteiger charge is -2.21. The SMILES string of the molecule is Cn1ccnc1CN(C1CC1)S(=O)(=O)c1cn(C)c(=O)n(C)c1=O. The molecule has 0 aliphatic heterocycles. The minimum Gasteiger partial charge on any atom is -0.337 e. The summed E-state index contributed by atoms with van der Waals surface area (Å²) in [6.07, 6.45) is 5.91. The van der Waals surface area contributed by atoms with Gasteiger partial charge in [0.25, 0.3) is 15.6 Å². The molecule has 2 aromatic heterocycles. The van der Waals surface area contributed by atoms with Gasteiger partial charge in [-0.05, 0) is 12.8 Å². The number of aromatic nitrogens is 4. The van der Waals surface area contributed by atoms with Crippen molar-refractivity contribution >= 4 is 10.0 Å². The van der Waals surface area contributed by atoms with Gasteiger partial charge in [-0.2, -0.15) is 4.31 Å². The number of sulfonamides is 1. The summed E-state index contributed by atoms with van der Waals surface area (Å²) in [5.41, 5.74) is -1.38. The van der Waals surface area contributed by atoms with E-state index in [9.17, 15) is 18.0 Å². The second-order valence-corrected chi connectivity index (χ2v) is 7.85. The first kappa shape index (κ1) is 16.7. The van der Waals surface area contributed by atoms with E-state index in [2.05, 4.69) is 4.98 Å². The lowest BCUT2D eigenvalue weighted by Crippen LogP contribution is -2.43. The smallest absolute Gasteiger partial charge is 0.330 e. The van der Waals surface area contributed by atoms with Crippen molar-refractivity contribution in [3.05, 3.63) is 45.3 Å². The Hall–Kier alpha value is -2.20. The second-order valence-electron chi connectivity index (χ2n) is 5.99. The van der Waals surface area contributed by atoms with Gasteiger partial charge in [0.2, 0.25) is 0 Å². The molecule has 0 spiro atoms. The van der Waals surface area contributed by atoms with Crippen LogP contribution in [0.3, 0.4) is 0 Å². The first-order valence-electron chi connectivity index (χ1n) is 7.48. The number of hydrogen-bond acceptors (Lipinski definition) is 5. The van der Waals surface area contributed by atoms with Crippen LogP contribution in [0.1, 0.15) is 18.7 Å². The summed E-state index contributed by atoms with van der Waals surface area (Å²) >= 11 is 0. The molecule has 0 unspecified atom stereocenters. The van der Waals surface area contributed by atoms with Gasteiger partial charge in [0.1, 0.15) is 5.82 Å². The number of rotatable bonds is 5. The summed E-state index contributed by atoms with van der Waals surface area (Å²) in [6.45, 7) is 0.0858. The van der Waals surface area contributed by atoms with Gasteiger partial charge in [0.05, 0.1) is 6.54 Å². The van der Waals surface area contributed by atoms with Gasteiger partial charge in [-0.15, -0.1) is 0 Å². The summed E-state index contributed by atoms with van der Waals surface area (Å²) in [7, 11) is 0.432. The van der Waals surface area contributed by atoms with E-state index in [1.165, 1.54) is 18.4 Å². The maximum atomic E-state index is 13.0. The summed E-state index contributed by atoms with van der Waals surface area (Å²) in [5.74, 6) is 0.590. The highest BCUT2D eigenvalue weighted by Gasteiger charge is 2.40. The van der Waals surface area contributed by atoms with Crippen LogP contribution in [0.25, 0.3) is 0 Å². The van der Waals surface area contributed by atoms with E-state index < -0.39 is 26.2 Å². The molecule has 3 rings (SSSR count). The first-order chi connectivity index (χ1) is 11.2. The molecule has 1 fully saturated rings. The van der Waals surface area contributed by atoms with Crippen LogP contribution >= 0.6 is 0 Å². The molecular weight excluding hydrogens is 334 g/mol. The molecule has 0 amide bonds. The van der Waals surface area contributed by atoms with Crippen molar-refractivity contribution in [2.45, 2.75) is 30.3 Å². The van der Waals surface area contributed by atoms with E-state index in [1.54, 1.807) is 24.0 Å². The molecule has 0 bridgehead atoms. The van der Waals surface area contributed by atoms with Crippen LogP contribution < -0.4 is 11.2 Å². The van der Waals surface area contributed by atoms with Crippen molar-refractivity contribution in [3.63, 3.8) is 0 Å². The number of nitrogens with zero attached hydrogens (tertiary/aromatic N) is 5. The fourth-order valence-electron chi connectivity index (χ4n) is 2.54. The van der Waals surface area contributed by atoms with Crippen molar-refractivity contribution in [3.8, 4) is 0 Å². The molecule has 0 aromatic carbocycles. The molecule has 0 atom stereocenters. The number of hydrogen-bond donors (Lipinski definition) is 0. The van der Waals surface area contributed by atoms with Crippen molar-refractivity contribution < 1.29 is 8.42 Å². The van der Waals surface area contributed by atoms with E-state index in [0.717, 1.165) is 28.2 Å². The zero-order chi connectivity index (χ0) is 17.6. The Labute approximate surface area is 138 Å². The fourth-order valence-corrected chi connectivity index (χ4v) is 4.33. The van der Waals surface area contributed by atoms with Crippen LogP contribution in [0.4, 0.5) is 0 Å². The quantitative estimate of drug-likeness (QED) is 0.699. The molecule has 2 heterocycles. The van der Waals surface area contributed by atoms with Gasteiger partial charge < -0.3 is 9.13 Å². The van der Waals surface area contributed by atoms with E-state index in [4.69, 9.17) is 0 Å². The average molecular weight is 353 g/mol. The molecular formula is C14H19N5O4S. The van der Waals surface area contributed by atoms with E-state index in [-0.39, 0.29) is 12.6 Å². The van der Waals surface area contributed by atoms with Gasteiger partial charge in [-0.1, -0.05) is 0 Å². The molecule has 0 radical (unpaired) electrons. The van der Waals surface area contributed by atoms with Crippen molar-refractivity contribution in [1.29, 1.82) is 0 Å². The Morgan fingerprint density at radius 2 is 1.88 bits per heavy atom. The highest BCUT2D eigenvalue weighted by atomic mass is 32.2. The Kier molecular flexibility index (Phi) is 3.96. The highest BCUT2D eigenvalue weighted by molar-refractivity contribution is 7.89. The average Bonchev–Trinajstić information content (AvgIpc) is 3.28. The zero-order valence-corrected chi connectivity index (χ0v) is 14.5. The Balaban J connectivity index is 2.10. The van der Waals surface area contributed by atoms with Gasteiger partial charge >= 0.3 is 5.69 Å². The predicted octanol–water partition coefficient (Wildman–Crippen LogP) is -0.829. The third-order valence-electron chi connectivity index (χ3n) is 4.17. The van der Waals surface area contributed by atoms with Crippen LogP contribution in [0.2, 0.25) is 0 Å². The number of imidazole rings is 1. The normalized spacial score (nSPS) is 15.2. The molecule has 1 aliphatic carbocycles. The molecule has 9 nitrogen and oxygen atoms in total. The minimum atomic E-state index is -4.04. The van der Waals surface area contributed by atoms with E-state index in [1.807, 2.05) is 0 Å². The molecule has 10 heteroatoms. The molecule has 130 valence electrons. The third kappa shape index (κ3) is 2.71. The van der Waals surface area contributed by atoms with Crippen LogP contribution in [0, 0.1) is 0 Å². The Morgan fingerprint density at radius 1 is 1.21 bits per heavy atom. The lowest BCUT2D eigenvalue weighted by atomic mass is 10.5. The molecule has 0 N–H and O–H groups in total. The summed E-state index contributed by atoms with van der Waals surface area (Å²) in [4.78, 5) is 27.9. The Bertz CT molecular complexity index is 997. The molecule has 1 saturated carbocycles. The third-order valence-corrected chi connectivity index (χ3v) is 6.05. The summed E-state index contributed by atoms with van der Waals surface area (Å²) < 4.78 is 31.0. The molecule has 0 saturated heterocycles. The second kappa shape index (κ2) is 5.71. The molecule has 1 aliphatic rings. The fraction of sp³-hybridized carbons (Fsp3) is 0.500. The van der Waals surface area contributed by atoms with Crippen LogP contribution in [-0.2, 0) is 37.7 Å². The van der Waals surface area contributed by atoms with E-state index >= 15 is 0 Å². The van der Waals surface area contributed by atoms with Gasteiger partial charge in [-0.3, -0.25) is 9.36 Å². The van der Waals surface area contributed by atoms with Gasteiger partial charge in [0.15, 0.2) is 4.90 Å². The van der Waals surface area contributed by atoms with Crippen molar-refractivity contribution in [1.82, 2.24) is 23.0 Å². The van der Waals surface area contributed by atoms with Crippen LogP contribution in [-0.4, -0.2) is 37.5 Å². The maximum absolute atomic E-state index is 13.0. The van der Waals surface area contributed by atoms with Crippen LogP contribution in [0.15, 0.2) is 33.1 Å². The minimum absolute atomic E-state index is 0.0858. The highest BCUT2D eigenvalue weighted by Crippen LogP contribution is 2.32. The lowest BCUT2D eigenvalue weighted by molar-refractivity contribution is 0.383. The largest absolute Gasteiger partial charge is 0.337 e. The predicted molar refractivity (Wildman–Crippen MR) is 85.9 cm³/mol. The zero-order valence-electron chi connectivity index (χ0n) is 13.7. The summed E-state index contributed by atoms with van der Waals surface area (Å²) in [6, 6.07) is -0.145. The van der Waals surface area contributed by atoms with Crippen molar-refractivity contribution in [2.75, 3.05) is 0 Å². The first-order valence-corrected chi connectivity index (χ1v) is 8.92. The molecule has 24 heavy (non-hydrogen) atoms. The molecule has 2 aromatic rings. The van der Waals surface area contributed by atoms with Crippen molar-refractivity contribution in [2.24, 2.45) is 21.1 Å². The monoisotopic (exact) mass is 353 g/mol. The number of aryl methyl sites for hydroxylation is 2. The standard InChI is InChI=1S/C14H19N5O4S/c1-16-7-6-15-12(16)9-19(10-4-5-10)24(22,23)11-8-17(2)14(21)18(3)13(11)20/h6-8,10H,4-5,9H2,1-3H3. The van der Waals surface area contributed by atoms with Gasteiger partial charge in [-0.25, -0.2) is 18.2 Å². The van der Waals surface area contributed by atoms with Gasteiger partial charge in [0, 0.05) is 45.8 Å². The topological polar surface area (TPSA) is 99.2 Å². The maximum Gasteiger partial charge on any atom is 0.330 e.